The van der Waals surface area contributed by atoms with Gasteiger partial charge in [-0.25, -0.2) is 0 Å². The molecule has 0 fully saturated rings. The lowest BCUT2D eigenvalue weighted by Gasteiger charge is -2.08. The molecule has 0 spiro atoms. The van der Waals surface area contributed by atoms with Crippen LogP contribution in [0.15, 0.2) is 60.9 Å². The van der Waals surface area contributed by atoms with Crippen LogP contribution in [0.3, 0.4) is 0 Å². The predicted molar refractivity (Wildman–Crippen MR) is 84.2 cm³/mol. The van der Waals surface area contributed by atoms with Gasteiger partial charge in [0, 0.05) is 34.9 Å². The molecule has 0 aliphatic carbocycles. The van der Waals surface area contributed by atoms with E-state index in [1.54, 1.807) is 12.4 Å². The van der Waals surface area contributed by atoms with E-state index in [1.165, 1.54) is 0 Å². The number of carbonyl (C=O) groups excluding carboxylic acids is 1. The highest BCUT2D eigenvalue weighted by molar-refractivity contribution is 6.16. The van der Waals surface area contributed by atoms with Gasteiger partial charge in [0.15, 0.2) is 5.78 Å². The number of nitrogens with two attached hydrogens (primary N) is 1. The first-order valence-electron chi connectivity index (χ1n) is 6.90. The second-order valence-corrected chi connectivity index (χ2v) is 5.14. The molecule has 21 heavy (non-hydrogen) atoms. The van der Waals surface area contributed by atoms with E-state index in [0.717, 1.165) is 16.3 Å². The van der Waals surface area contributed by atoms with E-state index < -0.39 is 0 Å². The van der Waals surface area contributed by atoms with Crippen LogP contribution in [0.2, 0.25) is 0 Å². The maximum atomic E-state index is 12.7. The SMILES string of the molecule is CC(N)c1ccc(C(=O)c2cccc3cnccc23)cc1. The molecule has 1 atom stereocenters. The highest BCUT2D eigenvalue weighted by Crippen LogP contribution is 2.21. The number of benzene rings is 2. The molecule has 3 aromatic rings. The van der Waals surface area contributed by atoms with E-state index in [-0.39, 0.29) is 11.8 Å². The second-order valence-electron chi connectivity index (χ2n) is 5.14. The minimum atomic E-state index is -0.0298. The van der Waals surface area contributed by atoms with Gasteiger partial charge >= 0.3 is 0 Å². The van der Waals surface area contributed by atoms with Gasteiger partial charge in [-0.1, -0.05) is 42.5 Å². The lowest BCUT2D eigenvalue weighted by atomic mass is 9.97. The molecule has 3 heteroatoms. The van der Waals surface area contributed by atoms with Crippen molar-refractivity contribution in [3.05, 3.63) is 77.6 Å². The maximum absolute atomic E-state index is 12.7. The molecule has 0 aliphatic heterocycles. The summed E-state index contributed by atoms with van der Waals surface area (Å²) in [5.74, 6) is 0.0167. The summed E-state index contributed by atoms with van der Waals surface area (Å²) in [6.45, 7) is 1.93. The van der Waals surface area contributed by atoms with Crippen molar-refractivity contribution in [1.29, 1.82) is 0 Å². The number of rotatable bonds is 3. The number of hydrogen-bond donors (Lipinski definition) is 1. The number of nitrogens with zero attached hydrogens (tertiary/aromatic N) is 1. The summed E-state index contributed by atoms with van der Waals surface area (Å²) in [4.78, 5) is 16.8. The number of fused-ring (bicyclic) bond motifs is 1. The van der Waals surface area contributed by atoms with E-state index in [0.29, 0.717) is 11.1 Å². The second kappa shape index (κ2) is 5.46. The van der Waals surface area contributed by atoms with Gasteiger partial charge in [-0.05, 0) is 23.9 Å². The minimum Gasteiger partial charge on any atom is -0.324 e. The third-order valence-corrected chi connectivity index (χ3v) is 3.62. The molecular formula is C18H16N2O. The van der Waals surface area contributed by atoms with Crippen LogP contribution < -0.4 is 5.73 Å². The smallest absolute Gasteiger partial charge is 0.193 e. The van der Waals surface area contributed by atoms with Gasteiger partial charge in [0.05, 0.1) is 0 Å². The van der Waals surface area contributed by atoms with Gasteiger partial charge < -0.3 is 5.73 Å². The fraction of sp³-hybridized carbons (Fsp3) is 0.111. The number of pyridine rings is 1. The summed E-state index contributed by atoms with van der Waals surface area (Å²) in [6, 6.07) is 15.0. The van der Waals surface area contributed by atoms with Crippen LogP contribution in [0.25, 0.3) is 10.8 Å². The Labute approximate surface area is 123 Å². The predicted octanol–water partition coefficient (Wildman–Crippen LogP) is 3.49. The Hall–Kier alpha value is -2.52. The number of ketones is 1. The first-order chi connectivity index (χ1) is 10.2. The van der Waals surface area contributed by atoms with Crippen LogP contribution in [0, 0.1) is 0 Å². The van der Waals surface area contributed by atoms with Crippen molar-refractivity contribution >= 4 is 16.6 Å². The Morgan fingerprint density at radius 3 is 2.57 bits per heavy atom. The number of aromatic nitrogens is 1. The number of hydrogen-bond acceptors (Lipinski definition) is 3. The van der Waals surface area contributed by atoms with Gasteiger partial charge in [0.2, 0.25) is 0 Å². The molecular weight excluding hydrogens is 260 g/mol. The van der Waals surface area contributed by atoms with E-state index in [4.69, 9.17) is 5.73 Å². The summed E-state index contributed by atoms with van der Waals surface area (Å²) in [5, 5.41) is 1.89. The quantitative estimate of drug-likeness (QED) is 0.745. The first kappa shape index (κ1) is 13.5. The third kappa shape index (κ3) is 2.56. The van der Waals surface area contributed by atoms with E-state index in [9.17, 15) is 4.79 Å². The van der Waals surface area contributed by atoms with Gasteiger partial charge in [-0.2, -0.15) is 0 Å². The van der Waals surface area contributed by atoms with Crippen molar-refractivity contribution in [2.75, 3.05) is 0 Å². The van der Waals surface area contributed by atoms with Crippen molar-refractivity contribution in [2.45, 2.75) is 13.0 Å². The highest BCUT2D eigenvalue weighted by Gasteiger charge is 2.12. The lowest BCUT2D eigenvalue weighted by molar-refractivity contribution is 0.104. The molecule has 2 aromatic carbocycles. The van der Waals surface area contributed by atoms with Crippen molar-refractivity contribution in [3.63, 3.8) is 0 Å². The molecule has 1 heterocycles. The molecule has 0 radical (unpaired) electrons. The van der Waals surface area contributed by atoms with E-state index in [2.05, 4.69) is 4.98 Å². The zero-order chi connectivity index (χ0) is 14.8. The van der Waals surface area contributed by atoms with Gasteiger partial charge in [0.1, 0.15) is 0 Å². The lowest BCUT2D eigenvalue weighted by Crippen LogP contribution is -2.06. The molecule has 0 amide bonds. The Morgan fingerprint density at radius 1 is 1.10 bits per heavy atom. The minimum absolute atomic E-state index is 0.0167. The molecule has 1 unspecified atom stereocenters. The fourth-order valence-electron chi connectivity index (χ4n) is 2.41. The summed E-state index contributed by atoms with van der Waals surface area (Å²) in [5.41, 5.74) is 8.22. The monoisotopic (exact) mass is 276 g/mol. The Kier molecular flexibility index (Phi) is 3.50. The van der Waals surface area contributed by atoms with Crippen molar-refractivity contribution in [3.8, 4) is 0 Å². The highest BCUT2D eigenvalue weighted by atomic mass is 16.1. The molecule has 104 valence electrons. The molecule has 3 rings (SSSR count). The average molecular weight is 276 g/mol. The van der Waals surface area contributed by atoms with Crippen LogP contribution in [-0.4, -0.2) is 10.8 Å². The van der Waals surface area contributed by atoms with Crippen LogP contribution >= 0.6 is 0 Å². The normalized spacial score (nSPS) is 12.3. The van der Waals surface area contributed by atoms with E-state index >= 15 is 0 Å². The molecule has 2 N–H and O–H groups in total. The van der Waals surface area contributed by atoms with Crippen LogP contribution in [0.1, 0.15) is 34.5 Å². The van der Waals surface area contributed by atoms with Crippen molar-refractivity contribution < 1.29 is 4.79 Å². The Morgan fingerprint density at radius 2 is 1.86 bits per heavy atom. The zero-order valence-corrected chi connectivity index (χ0v) is 11.8. The summed E-state index contributed by atoms with van der Waals surface area (Å²) in [6.07, 6.45) is 3.48. The molecule has 0 saturated carbocycles. The standard InChI is InChI=1S/C18H16N2O/c1-12(19)13-5-7-14(8-6-13)18(21)17-4-2-3-15-11-20-10-9-16(15)17/h2-12H,19H2,1H3. The van der Waals surface area contributed by atoms with Crippen LogP contribution in [0.5, 0.6) is 0 Å². The average Bonchev–Trinajstić information content (AvgIpc) is 2.53. The zero-order valence-electron chi connectivity index (χ0n) is 11.8. The summed E-state index contributed by atoms with van der Waals surface area (Å²) < 4.78 is 0. The largest absolute Gasteiger partial charge is 0.324 e. The molecule has 1 aromatic heterocycles. The van der Waals surface area contributed by atoms with Crippen LogP contribution in [0.4, 0.5) is 0 Å². The molecule has 0 saturated heterocycles. The summed E-state index contributed by atoms with van der Waals surface area (Å²) >= 11 is 0. The van der Waals surface area contributed by atoms with Crippen LogP contribution in [-0.2, 0) is 0 Å². The van der Waals surface area contributed by atoms with E-state index in [1.807, 2.05) is 55.5 Å². The Balaban J connectivity index is 2.04. The fourth-order valence-corrected chi connectivity index (χ4v) is 2.41. The third-order valence-electron chi connectivity index (χ3n) is 3.62. The topological polar surface area (TPSA) is 56.0 Å². The van der Waals surface area contributed by atoms with Crippen molar-refractivity contribution in [1.82, 2.24) is 4.98 Å². The van der Waals surface area contributed by atoms with Gasteiger partial charge in [0.25, 0.3) is 0 Å². The molecule has 0 bridgehead atoms. The number of carbonyl (C=O) groups is 1. The molecule has 0 aliphatic rings. The first-order valence-corrected chi connectivity index (χ1v) is 6.90. The Bertz CT molecular complexity index is 786. The van der Waals surface area contributed by atoms with Gasteiger partial charge in [-0.3, -0.25) is 9.78 Å². The molecule has 3 nitrogen and oxygen atoms in total. The van der Waals surface area contributed by atoms with Gasteiger partial charge in [-0.15, -0.1) is 0 Å². The maximum Gasteiger partial charge on any atom is 0.193 e. The summed E-state index contributed by atoms with van der Waals surface area (Å²) in [7, 11) is 0. The van der Waals surface area contributed by atoms with Crippen molar-refractivity contribution in [2.24, 2.45) is 5.73 Å².